The van der Waals surface area contributed by atoms with E-state index in [1.165, 1.54) is 4.90 Å². The molecule has 4 atom stereocenters. The number of pyridine rings is 1. The third kappa shape index (κ3) is 7.05. The summed E-state index contributed by atoms with van der Waals surface area (Å²) in [7, 11) is 0. The summed E-state index contributed by atoms with van der Waals surface area (Å²) in [6.45, 7) is 4.49. The molecule has 8 heteroatoms. The second-order valence-corrected chi connectivity index (χ2v) is 14.4. The van der Waals surface area contributed by atoms with E-state index in [0.717, 1.165) is 56.2 Å². The average molecular weight is 718 g/mol. The molecule has 272 valence electrons. The van der Waals surface area contributed by atoms with Crippen LogP contribution in [0.25, 0.3) is 11.6 Å². The number of para-hydroxylation sites is 2. The van der Waals surface area contributed by atoms with E-state index in [0.29, 0.717) is 43.9 Å². The summed E-state index contributed by atoms with van der Waals surface area (Å²) in [4.78, 5) is 34.6. The van der Waals surface area contributed by atoms with Crippen LogP contribution in [0.3, 0.4) is 0 Å². The van der Waals surface area contributed by atoms with Gasteiger partial charge >= 0.3 is 0 Å². The van der Waals surface area contributed by atoms with Gasteiger partial charge in [0.25, 0.3) is 0 Å². The Labute approximate surface area is 315 Å². The molecule has 2 saturated heterocycles. The van der Waals surface area contributed by atoms with Gasteiger partial charge < -0.3 is 19.9 Å². The fourth-order valence-corrected chi connectivity index (χ4v) is 8.32. The molecular formula is C46H43N3O5. The summed E-state index contributed by atoms with van der Waals surface area (Å²) >= 11 is 0. The van der Waals surface area contributed by atoms with Gasteiger partial charge in [-0.05, 0) is 145 Å². The summed E-state index contributed by atoms with van der Waals surface area (Å²) in [5, 5.41) is 13.8. The number of fused-ring (bicyclic) bond motifs is 3. The molecule has 0 unspecified atom stereocenters. The molecule has 0 saturated carbocycles. The molecule has 3 heterocycles. The predicted octanol–water partition coefficient (Wildman–Crippen LogP) is 9.07. The van der Waals surface area contributed by atoms with Gasteiger partial charge in [0.2, 0.25) is 11.8 Å². The maximum atomic E-state index is 14.3. The number of aromatic nitrogens is 1. The lowest BCUT2D eigenvalue weighted by Crippen LogP contribution is -2.35. The van der Waals surface area contributed by atoms with Crippen LogP contribution in [-0.4, -0.2) is 41.2 Å². The molecule has 0 spiro atoms. The van der Waals surface area contributed by atoms with E-state index in [1.54, 1.807) is 6.20 Å². The molecule has 1 aromatic heterocycles. The van der Waals surface area contributed by atoms with Gasteiger partial charge in [-0.2, -0.15) is 0 Å². The molecule has 3 aliphatic rings. The topological polar surface area (TPSA) is 101 Å². The van der Waals surface area contributed by atoms with Crippen LogP contribution in [0.2, 0.25) is 0 Å². The van der Waals surface area contributed by atoms with Gasteiger partial charge in [-0.3, -0.25) is 19.5 Å². The van der Waals surface area contributed by atoms with Crippen LogP contribution in [-0.2, 0) is 14.3 Å². The summed E-state index contributed by atoms with van der Waals surface area (Å²) in [6.07, 6.45) is 5.45. The number of hydrogen-bond donors (Lipinski definition) is 2. The van der Waals surface area contributed by atoms with Gasteiger partial charge in [-0.1, -0.05) is 42.5 Å². The van der Waals surface area contributed by atoms with E-state index < -0.39 is 11.8 Å². The van der Waals surface area contributed by atoms with Crippen LogP contribution in [0.15, 0.2) is 133 Å². The van der Waals surface area contributed by atoms with Gasteiger partial charge in [0.1, 0.15) is 18.1 Å². The highest BCUT2D eigenvalue weighted by Crippen LogP contribution is 2.51. The number of benzene rings is 4. The third-order valence-corrected chi connectivity index (χ3v) is 10.9. The molecule has 5 aromatic rings. The van der Waals surface area contributed by atoms with Crippen LogP contribution >= 0.6 is 0 Å². The van der Waals surface area contributed by atoms with E-state index in [4.69, 9.17) is 9.47 Å². The Morgan fingerprint density at radius 1 is 0.870 bits per heavy atom. The molecule has 0 bridgehead atoms. The number of nitrogens with one attached hydrogen (secondary N) is 1. The number of hydrogen-bond acceptors (Lipinski definition) is 7. The molecule has 2 fully saturated rings. The van der Waals surface area contributed by atoms with Crippen molar-refractivity contribution >= 4 is 40.5 Å². The van der Waals surface area contributed by atoms with Crippen molar-refractivity contribution in [2.24, 2.45) is 17.8 Å². The third-order valence-electron chi connectivity index (χ3n) is 10.9. The average Bonchev–Trinajstić information content (AvgIpc) is 3.73. The first-order valence-corrected chi connectivity index (χ1v) is 18.6. The monoisotopic (exact) mass is 717 g/mol. The quantitative estimate of drug-likeness (QED) is 0.104. The van der Waals surface area contributed by atoms with E-state index >= 15 is 0 Å². The number of allylic oxidation sites excluding steroid dienone is 1. The maximum Gasteiger partial charge on any atom is 0.238 e. The Bertz CT molecular complexity index is 2190. The smallest absolute Gasteiger partial charge is 0.238 e. The fourth-order valence-electron chi connectivity index (χ4n) is 8.32. The lowest BCUT2D eigenvalue weighted by atomic mass is 9.69. The number of ether oxygens (including phenoxy) is 2. The van der Waals surface area contributed by atoms with Gasteiger partial charge in [-0.25, -0.2) is 0 Å². The van der Waals surface area contributed by atoms with E-state index in [1.807, 2.05) is 129 Å². The minimum absolute atomic E-state index is 0.171. The van der Waals surface area contributed by atoms with E-state index in [2.05, 4.69) is 16.4 Å². The number of phenolic OH excluding ortho intramolecular Hbond substituents is 1. The number of aromatic hydroxyl groups is 1. The molecule has 8 nitrogen and oxygen atoms in total. The first-order valence-electron chi connectivity index (χ1n) is 18.6. The second-order valence-electron chi connectivity index (χ2n) is 14.4. The Morgan fingerprint density at radius 2 is 1.56 bits per heavy atom. The highest BCUT2D eigenvalue weighted by Gasteiger charge is 2.57. The van der Waals surface area contributed by atoms with Crippen molar-refractivity contribution in [2.45, 2.75) is 39.2 Å². The molecule has 54 heavy (non-hydrogen) atoms. The van der Waals surface area contributed by atoms with E-state index in [9.17, 15) is 14.7 Å². The number of amides is 2. The molecule has 8 rings (SSSR count). The zero-order valence-corrected chi connectivity index (χ0v) is 30.4. The maximum absolute atomic E-state index is 14.3. The lowest BCUT2D eigenvalue weighted by molar-refractivity contribution is -0.122. The number of phenols is 1. The van der Waals surface area contributed by atoms with Crippen LogP contribution in [0.1, 0.15) is 41.6 Å². The zero-order chi connectivity index (χ0) is 37.2. The minimum atomic E-state index is -0.506. The van der Waals surface area contributed by atoms with Crippen molar-refractivity contribution in [2.75, 3.05) is 23.4 Å². The normalized spacial score (nSPS) is 20.9. The standard InChI is InChI=1S/C46H43N3O5/c1-29-23-31(24-30(2)44(29)50)25-32(40-15-9-10-22-47-40)16-21-41-42-33(27-53-37-13-7-4-8-14-37)26-38-43(39(42)28-54-41)46(52)49(45(38)51)36-19-17-35(18-20-36)48-34-11-5-3-6-12-34/h3-15,17-20,22-25,38-39,41,43,48,50H,16,21,26-28H2,1-2H3/b32-25-/t38-,39+,41-,43-/m1/s1. The lowest BCUT2D eigenvalue weighted by Gasteiger charge is -2.31. The van der Waals surface area contributed by atoms with Crippen LogP contribution < -0.4 is 15.0 Å². The molecule has 4 aromatic carbocycles. The van der Waals surface area contributed by atoms with Crippen LogP contribution in [0.4, 0.5) is 17.1 Å². The molecule has 2 aliphatic heterocycles. The van der Waals surface area contributed by atoms with E-state index in [-0.39, 0.29) is 23.8 Å². The summed E-state index contributed by atoms with van der Waals surface area (Å²) in [6, 6.07) is 36.9. The number of carbonyl (C=O) groups excluding carboxylic acids is 2. The van der Waals surface area contributed by atoms with Gasteiger partial charge in [-0.15, -0.1) is 0 Å². The summed E-state index contributed by atoms with van der Waals surface area (Å²) in [5.74, 6) is -0.513. The second kappa shape index (κ2) is 15.2. The zero-order valence-electron chi connectivity index (χ0n) is 30.4. The Hall–Kier alpha value is -5.99. The number of nitrogens with zero attached hydrogens (tertiary/aromatic N) is 2. The predicted molar refractivity (Wildman–Crippen MR) is 211 cm³/mol. The minimum Gasteiger partial charge on any atom is -0.507 e. The largest absolute Gasteiger partial charge is 0.507 e. The number of anilines is 3. The Balaban J connectivity index is 1.07. The van der Waals surface area contributed by atoms with Gasteiger partial charge in [0.15, 0.2) is 0 Å². The van der Waals surface area contributed by atoms with Crippen molar-refractivity contribution in [3.05, 3.63) is 155 Å². The fraction of sp³-hybridized carbons (Fsp3) is 0.239. The number of rotatable bonds is 11. The summed E-state index contributed by atoms with van der Waals surface area (Å²) < 4.78 is 12.9. The number of carbonyl (C=O) groups is 2. The molecule has 1 aliphatic carbocycles. The molecule has 2 N–H and O–H groups in total. The van der Waals surface area contributed by atoms with Crippen LogP contribution in [0, 0.1) is 31.6 Å². The Kier molecular flexibility index (Phi) is 9.85. The van der Waals surface area contributed by atoms with Gasteiger partial charge in [0, 0.05) is 23.5 Å². The van der Waals surface area contributed by atoms with Crippen molar-refractivity contribution < 1.29 is 24.2 Å². The molecule has 0 radical (unpaired) electrons. The number of imide groups is 1. The number of aryl methyl sites for hydroxylation is 2. The first kappa shape index (κ1) is 35.1. The van der Waals surface area contributed by atoms with Gasteiger partial charge in [0.05, 0.1) is 35.9 Å². The van der Waals surface area contributed by atoms with Crippen LogP contribution in [0.5, 0.6) is 11.5 Å². The summed E-state index contributed by atoms with van der Waals surface area (Å²) in [5.41, 5.74) is 9.07. The first-order chi connectivity index (χ1) is 26.3. The SMILES string of the molecule is Cc1cc(/C=C(/CC[C@H]2OC[C@H]3C2=C(COc2ccccc2)C[C@H]2C(=O)N(c4ccc(Nc5ccccc5)cc4)C(=O)[C@H]23)c2ccccn2)cc(C)c1O. The molecule has 2 amide bonds. The van der Waals surface area contributed by atoms with Crippen molar-refractivity contribution in [1.29, 1.82) is 0 Å². The van der Waals surface area contributed by atoms with Crippen molar-refractivity contribution in [1.82, 2.24) is 4.98 Å². The Morgan fingerprint density at radius 3 is 2.26 bits per heavy atom. The molecular weight excluding hydrogens is 675 g/mol. The highest BCUT2D eigenvalue weighted by molar-refractivity contribution is 6.22. The highest BCUT2D eigenvalue weighted by atomic mass is 16.5. The van der Waals surface area contributed by atoms with Crippen molar-refractivity contribution in [3.8, 4) is 11.5 Å². The van der Waals surface area contributed by atoms with Crippen molar-refractivity contribution in [3.63, 3.8) is 0 Å².